The zero-order valence-electron chi connectivity index (χ0n) is 12.0. The second kappa shape index (κ2) is 7.08. The first-order chi connectivity index (χ1) is 9.65. The summed E-state index contributed by atoms with van der Waals surface area (Å²) in [4.78, 5) is 25.5. The number of nitrogens with one attached hydrogen (secondary N) is 1. The molecular formula is C16H22N2O2. The van der Waals surface area contributed by atoms with Crippen LogP contribution in [0.3, 0.4) is 0 Å². The van der Waals surface area contributed by atoms with E-state index in [1.165, 1.54) is 12.0 Å². The molecule has 2 rings (SSSR count). The molecule has 0 spiro atoms. The van der Waals surface area contributed by atoms with Crippen molar-refractivity contribution in [3.63, 3.8) is 0 Å². The molecule has 1 aromatic rings. The first-order valence-electron chi connectivity index (χ1n) is 7.25. The van der Waals surface area contributed by atoms with Gasteiger partial charge in [0.25, 0.3) is 0 Å². The molecule has 0 bridgehead atoms. The minimum absolute atomic E-state index is 0.0359. The molecule has 2 amide bonds. The average molecular weight is 274 g/mol. The molecule has 0 aliphatic carbocycles. The van der Waals surface area contributed by atoms with Gasteiger partial charge in [0.1, 0.15) is 6.42 Å². The summed E-state index contributed by atoms with van der Waals surface area (Å²) in [6, 6.07) is 7.99. The molecule has 1 aromatic carbocycles. The van der Waals surface area contributed by atoms with Crippen LogP contribution in [0.15, 0.2) is 24.3 Å². The van der Waals surface area contributed by atoms with Gasteiger partial charge in [0.05, 0.1) is 0 Å². The summed E-state index contributed by atoms with van der Waals surface area (Å²) in [5, 5.41) is 2.81. The molecule has 0 atom stereocenters. The maximum Gasteiger partial charge on any atom is 0.232 e. The summed E-state index contributed by atoms with van der Waals surface area (Å²) in [5.74, 6) is -0.242. The summed E-state index contributed by atoms with van der Waals surface area (Å²) in [7, 11) is 0. The Labute approximate surface area is 120 Å². The molecule has 1 saturated heterocycles. The maximum atomic E-state index is 11.9. The normalized spacial score (nSPS) is 14.9. The lowest BCUT2D eigenvalue weighted by atomic mass is 10.1. The SMILES string of the molecule is Cc1cccc(CNC(=O)CC(=O)N2CCCCC2)c1. The Morgan fingerprint density at radius 1 is 1.20 bits per heavy atom. The highest BCUT2D eigenvalue weighted by Crippen LogP contribution is 2.10. The highest BCUT2D eigenvalue weighted by molar-refractivity contribution is 5.96. The lowest BCUT2D eigenvalue weighted by Gasteiger charge is -2.26. The number of rotatable bonds is 4. The number of likely N-dealkylation sites (tertiary alicyclic amines) is 1. The van der Waals surface area contributed by atoms with Crippen molar-refractivity contribution in [1.29, 1.82) is 0 Å². The fourth-order valence-corrected chi connectivity index (χ4v) is 2.48. The van der Waals surface area contributed by atoms with Crippen LogP contribution in [0.1, 0.15) is 36.8 Å². The van der Waals surface area contributed by atoms with Gasteiger partial charge in [-0.3, -0.25) is 9.59 Å². The Bertz CT molecular complexity index is 479. The smallest absolute Gasteiger partial charge is 0.232 e. The van der Waals surface area contributed by atoms with E-state index in [0.29, 0.717) is 6.54 Å². The number of hydrogen-bond donors (Lipinski definition) is 1. The Hall–Kier alpha value is -1.84. The molecule has 4 nitrogen and oxygen atoms in total. The van der Waals surface area contributed by atoms with Crippen LogP contribution >= 0.6 is 0 Å². The van der Waals surface area contributed by atoms with Gasteiger partial charge in [0.15, 0.2) is 0 Å². The lowest BCUT2D eigenvalue weighted by molar-refractivity contribution is -0.136. The molecule has 1 fully saturated rings. The number of carbonyl (C=O) groups excluding carboxylic acids is 2. The summed E-state index contributed by atoms with van der Waals surface area (Å²) < 4.78 is 0. The van der Waals surface area contributed by atoms with Gasteiger partial charge in [-0.25, -0.2) is 0 Å². The van der Waals surface area contributed by atoms with E-state index in [1.807, 2.05) is 31.2 Å². The van der Waals surface area contributed by atoms with Crippen molar-refractivity contribution < 1.29 is 9.59 Å². The molecule has 1 aliphatic rings. The van der Waals surface area contributed by atoms with Crippen molar-refractivity contribution >= 4 is 11.8 Å². The average Bonchev–Trinajstić information content (AvgIpc) is 2.46. The van der Waals surface area contributed by atoms with Crippen molar-refractivity contribution in [2.24, 2.45) is 0 Å². The summed E-state index contributed by atoms with van der Waals surface area (Å²) in [5.41, 5.74) is 2.23. The second-order valence-electron chi connectivity index (χ2n) is 5.38. The van der Waals surface area contributed by atoms with E-state index in [0.717, 1.165) is 31.5 Å². The number of benzene rings is 1. The van der Waals surface area contributed by atoms with Gasteiger partial charge < -0.3 is 10.2 Å². The van der Waals surface area contributed by atoms with Crippen molar-refractivity contribution in [1.82, 2.24) is 10.2 Å². The van der Waals surface area contributed by atoms with Crippen molar-refractivity contribution in [3.05, 3.63) is 35.4 Å². The highest BCUT2D eigenvalue weighted by Gasteiger charge is 2.18. The Morgan fingerprint density at radius 2 is 1.95 bits per heavy atom. The highest BCUT2D eigenvalue weighted by atomic mass is 16.2. The minimum atomic E-state index is -0.193. The third-order valence-corrected chi connectivity index (χ3v) is 3.59. The largest absolute Gasteiger partial charge is 0.352 e. The monoisotopic (exact) mass is 274 g/mol. The molecule has 0 aromatic heterocycles. The molecule has 1 N–H and O–H groups in total. The summed E-state index contributed by atoms with van der Waals surface area (Å²) in [6.07, 6.45) is 3.25. The van der Waals surface area contributed by atoms with Crippen LogP contribution in [-0.2, 0) is 16.1 Å². The topological polar surface area (TPSA) is 49.4 Å². The standard InChI is InChI=1S/C16H22N2O2/c1-13-6-5-7-14(10-13)12-17-15(19)11-16(20)18-8-3-2-4-9-18/h5-7,10H,2-4,8-9,11-12H2,1H3,(H,17,19). The van der Waals surface area contributed by atoms with E-state index >= 15 is 0 Å². The van der Waals surface area contributed by atoms with E-state index in [4.69, 9.17) is 0 Å². The molecule has 4 heteroatoms. The fraction of sp³-hybridized carbons (Fsp3) is 0.500. The third kappa shape index (κ3) is 4.37. The van der Waals surface area contributed by atoms with Crippen LogP contribution in [0.4, 0.5) is 0 Å². The van der Waals surface area contributed by atoms with E-state index < -0.39 is 0 Å². The molecule has 0 radical (unpaired) electrons. The van der Waals surface area contributed by atoms with Gasteiger partial charge in [-0.2, -0.15) is 0 Å². The number of piperidine rings is 1. The number of hydrogen-bond acceptors (Lipinski definition) is 2. The number of carbonyl (C=O) groups is 2. The van der Waals surface area contributed by atoms with Crippen molar-refractivity contribution in [2.45, 2.75) is 39.2 Å². The predicted molar refractivity (Wildman–Crippen MR) is 78.1 cm³/mol. The van der Waals surface area contributed by atoms with Crippen LogP contribution in [0.2, 0.25) is 0 Å². The predicted octanol–water partition coefficient (Wildman–Crippen LogP) is 2.01. The Morgan fingerprint density at radius 3 is 2.65 bits per heavy atom. The Kier molecular flexibility index (Phi) is 5.16. The Balaban J connectivity index is 1.76. The maximum absolute atomic E-state index is 11.9. The molecular weight excluding hydrogens is 252 g/mol. The lowest BCUT2D eigenvalue weighted by Crippen LogP contribution is -2.38. The quantitative estimate of drug-likeness (QED) is 0.854. The molecule has 1 aliphatic heterocycles. The summed E-state index contributed by atoms with van der Waals surface area (Å²) >= 11 is 0. The molecule has 0 unspecified atom stereocenters. The number of nitrogens with zero attached hydrogens (tertiary/aromatic N) is 1. The molecule has 20 heavy (non-hydrogen) atoms. The van der Waals surface area contributed by atoms with Crippen LogP contribution in [0.5, 0.6) is 0 Å². The first-order valence-corrected chi connectivity index (χ1v) is 7.25. The van der Waals surface area contributed by atoms with Gasteiger partial charge in [-0.15, -0.1) is 0 Å². The van der Waals surface area contributed by atoms with Gasteiger partial charge in [-0.1, -0.05) is 29.8 Å². The van der Waals surface area contributed by atoms with E-state index in [-0.39, 0.29) is 18.2 Å². The molecule has 1 heterocycles. The molecule has 108 valence electrons. The van der Waals surface area contributed by atoms with Gasteiger partial charge in [0.2, 0.25) is 11.8 Å². The van der Waals surface area contributed by atoms with Gasteiger partial charge >= 0.3 is 0 Å². The van der Waals surface area contributed by atoms with E-state index in [9.17, 15) is 9.59 Å². The first kappa shape index (κ1) is 14.6. The van der Waals surface area contributed by atoms with Crippen LogP contribution in [0.25, 0.3) is 0 Å². The number of amides is 2. The van der Waals surface area contributed by atoms with Crippen molar-refractivity contribution in [3.8, 4) is 0 Å². The number of aryl methyl sites for hydroxylation is 1. The minimum Gasteiger partial charge on any atom is -0.352 e. The van der Waals surface area contributed by atoms with E-state index in [1.54, 1.807) is 4.90 Å². The van der Waals surface area contributed by atoms with E-state index in [2.05, 4.69) is 5.32 Å². The fourth-order valence-electron chi connectivity index (χ4n) is 2.48. The van der Waals surface area contributed by atoms with Crippen LogP contribution in [0, 0.1) is 6.92 Å². The van der Waals surface area contributed by atoms with Crippen LogP contribution < -0.4 is 5.32 Å². The van der Waals surface area contributed by atoms with Gasteiger partial charge in [-0.05, 0) is 31.7 Å². The van der Waals surface area contributed by atoms with Crippen LogP contribution in [-0.4, -0.2) is 29.8 Å². The zero-order valence-corrected chi connectivity index (χ0v) is 12.0. The summed E-state index contributed by atoms with van der Waals surface area (Å²) in [6.45, 7) is 4.09. The van der Waals surface area contributed by atoms with Gasteiger partial charge in [0, 0.05) is 19.6 Å². The molecule has 0 saturated carbocycles. The van der Waals surface area contributed by atoms with Crippen molar-refractivity contribution in [2.75, 3.05) is 13.1 Å². The third-order valence-electron chi connectivity index (χ3n) is 3.59. The second-order valence-corrected chi connectivity index (χ2v) is 5.38. The zero-order chi connectivity index (χ0) is 14.4.